The van der Waals surface area contributed by atoms with E-state index in [2.05, 4.69) is 27.2 Å². The summed E-state index contributed by atoms with van der Waals surface area (Å²) in [5, 5.41) is 1.81. The Hall–Kier alpha value is -0.810. The van der Waals surface area contributed by atoms with Gasteiger partial charge in [0.15, 0.2) is 0 Å². The predicted molar refractivity (Wildman–Crippen MR) is 64.0 cm³/mol. The van der Waals surface area contributed by atoms with E-state index in [4.69, 9.17) is 4.74 Å². The van der Waals surface area contributed by atoms with Crippen LogP contribution in [0.25, 0.3) is 5.76 Å². The SMILES string of the molecule is C=C(OCC)c1c(Br)csc1C(=O)OC. The molecule has 0 amide bonds. The summed E-state index contributed by atoms with van der Waals surface area (Å²) >= 11 is 4.65. The molecule has 3 nitrogen and oxygen atoms in total. The van der Waals surface area contributed by atoms with Crippen molar-refractivity contribution in [1.82, 2.24) is 0 Å². The molecule has 0 saturated heterocycles. The van der Waals surface area contributed by atoms with Gasteiger partial charge >= 0.3 is 5.97 Å². The van der Waals surface area contributed by atoms with Crippen molar-refractivity contribution < 1.29 is 14.3 Å². The minimum atomic E-state index is -0.374. The van der Waals surface area contributed by atoms with Crippen LogP contribution in [0.15, 0.2) is 16.4 Å². The molecule has 0 atom stereocenters. The number of rotatable bonds is 4. The van der Waals surface area contributed by atoms with Crippen LogP contribution in [0.4, 0.5) is 0 Å². The van der Waals surface area contributed by atoms with Crippen molar-refractivity contribution in [2.45, 2.75) is 6.92 Å². The molecule has 1 heterocycles. The van der Waals surface area contributed by atoms with Gasteiger partial charge in [0, 0.05) is 9.85 Å². The number of carbonyl (C=O) groups excluding carboxylic acids is 1. The minimum absolute atomic E-state index is 0.374. The first-order valence-corrected chi connectivity index (χ1v) is 5.96. The zero-order valence-electron chi connectivity index (χ0n) is 8.50. The van der Waals surface area contributed by atoms with E-state index in [1.165, 1.54) is 18.4 Å². The average Bonchev–Trinajstić information content (AvgIpc) is 2.59. The minimum Gasteiger partial charge on any atom is -0.494 e. The van der Waals surface area contributed by atoms with E-state index in [9.17, 15) is 4.79 Å². The molecule has 0 N–H and O–H groups in total. The largest absolute Gasteiger partial charge is 0.494 e. The first kappa shape index (κ1) is 12.3. The van der Waals surface area contributed by atoms with Crippen LogP contribution in [-0.2, 0) is 9.47 Å². The molecule has 0 aliphatic rings. The van der Waals surface area contributed by atoms with Crippen molar-refractivity contribution in [1.29, 1.82) is 0 Å². The van der Waals surface area contributed by atoms with Gasteiger partial charge in [0.2, 0.25) is 0 Å². The number of hydrogen-bond donors (Lipinski definition) is 0. The lowest BCUT2D eigenvalue weighted by Crippen LogP contribution is -2.02. The molecule has 0 fully saturated rings. The van der Waals surface area contributed by atoms with Crippen LogP contribution >= 0.6 is 27.3 Å². The van der Waals surface area contributed by atoms with Crippen LogP contribution in [0, 0.1) is 0 Å². The second kappa shape index (κ2) is 5.32. The number of ether oxygens (including phenoxy) is 2. The average molecular weight is 291 g/mol. The normalized spacial score (nSPS) is 9.80. The van der Waals surface area contributed by atoms with Gasteiger partial charge in [-0.1, -0.05) is 6.58 Å². The number of halogens is 1. The van der Waals surface area contributed by atoms with E-state index < -0.39 is 0 Å². The molecule has 0 bridgehead atoms. The lowest BCUT2D eigenvalue weighted by atomic mass is 10.2. The second-order valence-electron chi connectivity index (χ2n) is 2.64. The van der Waals surface area contributed by atoms with E-state index in [1.807, 2.05) is 12.3 Å². The van der Waals surface area contributed by atoms with Crippen LogP contribution < -0.4 is 0 Å². The second-order valence-corrected chi connectivity index (χ2v) is 4.37. The number of thiophene rings is 1. The Morgan fingerprint density at radius 3 is 2.87 bits per heavy atom. The number of carbonyl (C=O) groups is 1. The Bertz CT molecular complexity index is 384. The Labute approximate surface area is 101 Å². The monoisotopic (exact) mass is 290 g/mol. The van der Waals surface area contributed by atoms with E-state index in [1.54, 1.807) is 0 Å². The van der Waals surface area contributed by atoms with Crippen LogP contribution in [0.5, 0.6) is 0 Å². The summed E-state index contributed by atoms with van der Waals surface area (Å²) < 4.78 is 10.7. The van der Waals surface area contributed by atoms with Gasteiger partial charge in [-0.2, -0.15) is 0 Å². The highest BCUT2D eigenvalue weighted by Gasteiger charge is 2.20. The Morgan fingerprint density at radius 1 is 1.67 bits per heavy atom. The fourth-order valence-corrected chi connectivity index (χ4v) is 2.78. The van der Waals surface area contributed by atoms with Gasteiger partial charge in [0.05, 0.1) is 19.3 Å². The topological polar surface area (TPSA) is 35.5 Å². The predicted octanol–water partition coefficient (Wildman–Crippen LogP) is 3.30. The number of esters is 1. The molecule has 82 valence electrons. The zero-order chi connectivity index (χ0) is 11.4. The highest BCUT2D eigenvalue weighted by molar-refractivity contribution is 9.10. The van der Waals surface area contributed by atoms with Crippen LogP contribution in [0.2, 0.25) is 0 Å². The smallest absolute Gasteiger partial charge is 0.348 e. The van der Waals surface area contributed by atoms with Crippen molar-refractivity contribution in [3.05, 3.63) is 26.9 Å². The molecule has 0 aliphatic heterocycles. The van der Waals surface area contributed by atoms with Gasteiger partial charge in [-0.3, -0.25) is 0 Å². The molecule has 15 heavy (non-hydrogen) atoms. The van der Waals surface area contributed by atoms with E-state index >= 15 is 0 Å². The number of hydrogen-bond acceptors (Lipinski definition) is 4. The summed E-state index contributed by atoms with van der Waals surface area (Å²) in [6.07, 6.45) is 0. The summed E-state index contributed by atoms with van der Waals surface area (Å²) in [4.78, 5) is 11.9. The summed E-state index contributed by atoms with van der Waals surface area (Å²) in [5.41, 5.74) is 0.675. The lowest BCUT2D eigenvalue weighted by molar-refractivity contribution is 0.0605. The molecule has 1 aromatic heterocycles. The molecule has 0 spiro atoms. The van der Waals surface area contributed by atoms with Gasteiger partial charge in [-0.15, -0.1) is 11.3 Å². The van der Waals surface area contributed by atoms with Crippen molar-refractivity contribution >= 4 is 39.0 Å². The van der Waals surface area contributed by atoms with Crippen LogP contribution in [0.1, 0.15) is 22.2 Å². The molecule has 5 heteroatoms. The van der Waals surface area contributed by atoms with Gasteiger partial charge in [-0.05, 0) is 22.9 Å². The quantitative estimate of drug-likeness (QED) is 0.630. The Morgan fingerprint density at radius 2 is 2.33 bits per heavy atom. The lowest BCUT2D eigenvalue weighted by Gasteiger charge is -2.07. The summed E-state index contributed by atoms with van der Waals surface area (Å²) in [5.74, 6) is 0.104. The molecular weight excluding hydrogens is 280 g/mol. The van der Waals surface area contributed by atoms with Crippen molar-refractivity contribution in [2.24, 2.45) is 0 Å². The van der Waals surface area contributed by atoms with E-state index in [-0.39, 0.29) is 5.97 Å². The standard InChI is InChI=1S/C10H11BrO3S/c1-4-14-6(2)8-7(11)5-15-9(8)10(12)13-3/h5H,2,4H2,1,3H3. The summed E-state index contributed by atoms with van der Waals surface area (Å²) in [6.45, 7) is 6.15. The van der Waals surface area contributed by atoms with Crippen LogP contribution in [-0.4, -0.2) is 19.7 Å². The first-order chi connectivity index (χ1) is 7.11. The maximum atomic E-state index is 11.4. The fraction of sp³-hybridized carbons (Fsp3) is 0.300. The van der Waals surface area contributed by atoms with Gasteiger partial charge in [0.25, 0.3) is 0 Å². The third-order valence-electron chi connectivity index (χ3n) is 1.71. The molecule has 0 aromatic carbocycles. The maximum Gasteiger partial charge on any atom is 0.348 e. The van der Waals surface area contributed by atoms with Gasteiger partial charge in [0.1, 0.15) is 10.6 Å². The molecule has 1 aromatic rings. The first-order valence-electron chi connectivity index (χ1n) is 4.29. The molecular formula is C10H11BrO3S. The third kappa shape index (κ3) is 2.60. The highest BCUT2D eigenvalue weighted by Crippen LogP contribution is 2.33. The molecule has 0 unspecified atom stereocenters. The zero-order valence-corrected chi connectivity index (χ0v) is 10.9. The maximum absolute atomic E-state index is 11.4. The van der Waals surface area contributed by atoms with Crippen molar-refractivity contribution in [3.8, 4) is 0 Å². The Balaban J connectivity index is 3.09. The summed E-state index contributed by atoms with van der Waals surface area (Å²) in [7, 11) is 1.35. The van der Waals surface area contributed by atoms with Gasteiger partial charge < -0.3 is 9.47 Å². The van der Waals surface area contributed by atoms with Crippen molar-refractivity contribution in [3.63, 3.8) is 0 Å². The highest BCUT2D eigenvalue weighted by atomic mass is 79.9. The molecule has 1 rings (SSSR count). The summed E-state index contributed by atoms with van der Waals surface area (Å²) in [6, 6.07) is 0. The fourth-order valence-electron chi connectivity index (χ4n) is 1.09. The molecule has 0 saturated carbocycles. The van der Waals surface area contributed by atoms with Gasteiger partial charge in [-0.25, -0.2) is 4.79 Å². The van der Waals surface area contributed by atoms with Crippen LogP contribution in [0.3, 0.4) is 0 Å². The van der Waals surface area contributed by atoms with E-state index in [0.29, 0.717) is 22.8 Å². The Kier molecular flexibility index (Phi) is 4.35. The molecule has 0 radical (unpaired) electrons. The number of methoxy groups -OCH3 is 1. The molecule has 0 aliphatic carbocycles. The third-order valence-corrected chi connectivity index (χ3v) is 3.60. The van der Waals surface area contributed by atoms with E-state index in [0.717, 1.165) is 4.47 Å². The van der Waals surface area contributed by atoms with Crippen molar-refractivity contribution in [2.75, 3.05) is 13.7 Å².